The van der Waals surface area contributed by atoms with Crippen molar-refractivity contribution in [3.63, 3.8) is 0 Å². The van der Waals surface area contributed by atoms with Gasteiger partial charge in [0.2, 0.25) is 0 Å². The van der Waals surface area contributed by atoms with E-state index in [1.165, 1.54) is 44.2 Å². The summed E-state index contributed by atoms with van der Waals surface area (Å²) >= 11 is 0. The van der Waals surface area contributed by atoms with Crippen molar-refractivity contribution in [3.05, 3.63) is 58.7 Å². The average Bonchev–Trinajstić information content (AvgIpc) is 2.51. The number of nitriles is 1. The SMILES string of the molecule is Cc1cc(C)c(-c2ccccc2C#N)c(C(F)(C(F)(F)F)C(F)(F)F)c1. The molecule has 138 valence electrons. The smallest absolute Gasteiger partial charge is 0.218 e. The van der Waals surface area contributed by atoms with E-state index in [1.54, 1.807) is 6.07 Å². The maximum absolute atomic E-state index is 14.7. The molecule has 8 heteroatoms. The second-order valence-electron chi connectivity index (χ2n) is 5.82. The summed E-state index contributed by atoms with van der Waals surface area (Å²) in [4.78, 5) is 0. The van der Waals surface area contributed by atoms with Gasteiger partial charge >= 0.3 is 18.0 Å². The molecule has 0 fully saturated rings. The van der Waals surface area contributed by atoms with Gasteiger partial charge in [0.25, 0.3) is 0 Å². The Hall–Kier alpha value is -2.56. The van der Waals surface area contributed by atoms with Crippen LogP contribution in [0, 0.1) is 25.2 Å². The number of hydrogen-bond donors (Lipinski definition) is 0. The van der Waals surface area contributed by atoms with E-state index in [-0.39, 0.29) is 22.3 Å². The van der Waals surface area contributed by atoms with Crippen molar-refractivity contribution < 1.29 is 30.7 Å². The maximum Gasteiger partial charge on any atom is 0.435 e. The topological polar surface area (TPSA) is 23.8 Å². The molecule has 0 N–H and O–H groups in total. The van der Waals surface area contributed by atoms with E-state index in [1.807, 2.05) is 0 Å². The Kier molecular flexibility index (Phi) is 4.79. The first-order chi connectivity index (χ1) is 11.8. The molecule has 0 unspecified atom stereocenters. The van der Waals surface area contributed by atoms with Crippen LogP contribution in [-0.2, 0) is 5.67 Å². The highest BCUT2D eigenvalue weighted by Gasteiger charge is 2.74. The van der Waals surface area contributed by atoms with Crippen LogP contribution in [0.5, 0.6) is 0 Å². The van der Waals surface area contributed by atoms with Crippen LogP contribution in [0.2, 0.25) is 0 Å². The monoisotopic (exact) mass is 375 g/mol. The van der Waals surface area contributed by atoms with Crippen molar-refractivity contribution in [3.8, 4) is 17.2 Å². The molecule has 0 heterocycles. The lowest BCUT2D eigenvalue weighted by molar-refractivity contribution is -0.348. The van der Waals surface area contributed by atoms with Gasteiger partial charge in [-0.2, -0.15) is 31.6 Å². The summed E-state index contributed by atoms with van der Waals surface area (Å²) in [5, 5.41) is 9.15. The summed E-state index contributed by atoms with van der Waals surface area (Å²) in [5.41, 5.74) is -8.06. The largest absolute Gasteiger partial charge is 0.435 e. The first-order valence-corrected chi connectivity index (χ1v) is 7.28. The number of benzene rings is 2. The zero-order valence-electron chi connectivity index (χ0n) is 13.6. The minimum atomic E-state index is -6.23. The van der Waals surface area contributed by atoms with Crippen LogP contribution < -0.4 is 0 Å². The number of rotatable bonds is 2. The van der Waals surface area contributed by atoms with Gasteiger partial charge in [-0.25, -0.2) is 4.39 Å². The molecule has 0 aliphatic rings. The Balaban J connectivity index is 3.01. The summed E-state index contributed by atoms with van der Waals surface area (Å²) in [6, 6.07) is 8.74. The standard InChI is InChI=1S/C18H12F7N/c1-10-7-11(2)15(13-6-4-3-5-12(13)9-26)14(8-10)16(19,17(20,21)22)18(23,24)25/h3-8H,1-2H3. The molecule has 1 nitrogen and oxygen atoms in total. The third-order valence-corrected chi connectivity index (χ3v) is 3.95. The molecule has 2 aromatic rings. The number of hydrogen-bond acceptors (Lipinski definition) is 1. The molecule has 2 rings (SSSR count). The molecule has 0 amide bonds. The van der Waals surface area contributed by atoms with Gasteiger partial charge in [0.1, 0.15) is 0 Å². The van der Waals surface area contributed by atoms with Gasteiger partial charge in [0.15, 0.2) is 0 Å². The summed E-state index contributed by atoms with van der Waals surface area (Å²) in [7, 11) is 0. The van der Waals surface area contributed by atoms with Crippen molar-refractivity contribution in [2.24, 2.45) is 0 Å². The van der Waals surface area contributed by atoms with Crippen LogP contribution in [0.3, 0.4) is 0 Å². The van der Waals surface area contributed by atoms with Gasteiger partial charge in [0, 0.05) is 11.1 Å². The van der Waals surface area contributed by atoms with E-state index in [0.29, 0.717) is 6.07 Å². The molecule has 0 bridgehead atoms. The molecule has 0 saturated carbocycles. The van der Waals surface area contributed by atoms with Crippen molar-refractivity contribution in [1.82, 2.24) is 0 Å². The van der Waals surface area contributed by atoms with Gasteiger partial charge in [-0.15, -0.1) is 0 Å². The second-order valence-corrected chi connectivity index (χ2v) is 5.82. The maximum atomic E-state index is 14.7. The molecular formula is C18H12F7N. The van der Waals surface area contributed by atoms with Crippen LogP contribution in [0.25, 0.3) is 11.1 Å². The minimum absolute atomic E-state index is 0.00164. The molecule has 0 spiro atoms. The van der Waals surface area contributed by atoms with Crippen molar-refractivity contribution >= 4 is 0 Å². The molecule has 0 aliphatic carbocycles. The fraction of sp³-hybridized carbons (Fsp3) is 0.278. The van der Waals surface area contributed by atoms with Crippen molar-refractivity contribution in [2.75, 3.05) is 0 Å². The lowest BCUT2D eigenvalue weighted by Crippen LogP contribution is -2.50. The Bertz CT molecular complexity index is 859. The van der Waals surface area contributed by atoms with Crippen molar-refractivity contribution in [1.29, 1.82) is 5.26 Å². The fourth-order valence-electron chi connectivity index (χ4n) is 2.86. The number of aryl methyl sites for hydroxylation is 2. The van der Waals surface area contributed by atoms with Crippen LogP contribution >= 0.6 is 0 Å². The first-order valence-electron chi connectivity index (χ1n) is 7.28. The molecular weight excluding hydrogens is 363 g/mol. The number of nitrogens with zero attached hydrogens (tertiary/aromatic N) is 1. The summed E-state index contributed by atoms with van der Waals surface area (Å²) < 4.78 is 94.4. The van der Waals surface area contributed by atoms with Crippen LogP contribution in [0.4, 0.5) is 30.7 Å². The van der Waals surface area contributed by atoms with E-state index >= 15 is 0 Å². The highest BCUT2D eigenvalue weighted by atomic mass is 19.4. The molecule has 26 heavy (non-hydrogen) atoms. The highest BCUT2D eigenvalue weighted by molar-refractivity contribution is 5.77. The van der Waals surface area contributed by atoms with E-state index in [4.69, 9.17) is 5.26 Å². The van der Waals surface area contributed by atoms with Gasteiger partial charge in [-0.3, -0.25) is 0 Å². The Labute approximate surface area is 144 Å². The average molecular weight is 375 g/mol. The number of alkyl halides is 7. The van der Waals surface area contributed by atoms with Crippen LogP contribution in [0.15, 0.2) is 36.4 Å². The zero-order chi connectivity index (χ0) is 19.9. The normalized spacial score (nSPS) is 12.8. The van der Waals surface area contributed by atoms with Crippen LogP contribution in [0.1, 0.15) is 22.3 Å². The van der Waals surface area contributed by atoms with Gasteiger partial charge in [0.05, 0.1) is 11.6 Å². The molecule has 2 aromatic carbocycles. The van der Waals surface area contributed by atoms with E-state index in [2.05, 4.69) is 0 Å². The third kappa shape index (κ3) is 3.02. The lowest BCUT2D eigenvalue weighted by Gasteiger charge is -2.33. The van der Waals surface area contributed by atoms with Crippen LogP contribution in [-0.4, -0.2) is 12.4 Å². The Morgan fingerprint density at radius 3 is 1.88 bits per heavy atom. The molecule has 0 atom stereocenters. The van der Waals surface area contributed by atoms with Crippen molar-refractivity contribution in [2.45, 2.75) is 31.9 Å². The predicted molar refractivity (Wildman–Crippen MR) is 81.0 cm³/mol. The first kappa shape index (κ1) is 19.8. The lowest BCUT2D eigenvalue weighted by atomic mass is 9.82. The predicted octanol–water partition coefficient (Wildman–Crippen LogP) is 6.13. The third-order valence-electron chi connectivity index (χ3n) is 3.95. The highest BCUT2D eigenvalue weighted by Crippen LogP contribution is 2.56. The van der Waals surface area contributed by atoms with Gasteiger partial charge < -0.3 is 0 Å². The van der Waals surface area contributed by atoms with E-state index < -0.39 is 29.1 Å². The molecule has 0 aliphatic heterocycles. The number of halogens is 7. The van der Waals surface area contributed by atoms with E-state index in [0.717, 1.165) is 0 Å². The zero-order valence-corrected chi connectivity index (χ0v) is 13.6. The summed E-state index contributed by atoms with van der Waals surface area (Å²) in [5.74, 6) is 0. The summed E-state index contributed by atoms with van der Waals surface area (Å²) in [6.45, 7) is 2.54. The quantitative estimate of drug-likeness (QED) is 0.579. The molecule has 0 radical (unpaired) electrons. The molecule has 0 saturated heterocycles. The minimum Gasteiger partial charge on any atom is -0.218 e. The van der Waals surface area contributed by atoms with E-state index in [9.17, 15) is 30.7 Å². The molecule has 0 aromatic heterocycles. The summed E-state index contributed by atoms with van der Waals surface area (Å²) in [6.07, 6.45) is -12.5. The fourth-order valence-corrected chi connectivity index (χ4v) is 2.86. The van der Waals surface area contributed by atoms with Gasteiger partial charge in [-0.1, -0.05) is 35.9 Å². The van der Waals surface area contributed by atoms with Gasteiger partial charge in [-0.05, 0) is 31.0 Å². The Morgan fingerprint density at radius 2 is 1.38 bits per heavy atom. The Morgan fingerprint density at radius 1 is 0.846 bits per heavy atom. The second kappa shape index (κ2) is 6.31.